The topological polar surface area (TPSA) is 86.3 Å². The number of rotatable bonds is 6. The molecule has 5 nitrogen and oxygen atoms in total. The number of carboxylic acid groups (broad SMARTS) is 1. The number of carbonyl (C=O) groups is 1. The van der Waals surface area contributed by atoms with Gasteiger partial charge in [0, 0.05) is 6.42 Å². The zero-order valence-electron chi connectivity index (χ0n) is 10.3. The molecule has 0 aliphatic rings. The van der Waals surface area contributed by atoms with Gasteiger partial charge in [-0.05, 0) is 0 Å². The van der Waals surface area contributed by atoms with Crippen molar-refractivity contribution in [1.82, 2.24) is 4.72 Å². The Hall–Kier alpha value is -0.110. The first-order chi connectivity index (χ1) is 8.62. The van der Waals surface area contributed by atoms with E-state index in [2.05, 4.69) is 0 Å². The molecule has 0 spiro atoms. The molecule has 120 valence electrons. The maximum atomic E-state index is 13.1. The summed E-state index contributed by atoms with van der Waals surface area (Å²) in [5, 5.41) is 9.89. The van der Waals surface area contributed by atoms with Gasteiger partial charge in [0.15, 0.2) is 0 Å². The fraction of sp³-hybridized carbons (Fsp3) is 0.857. The molecule has 0 radical (unpaired) electrons. The minimum atomic E-state index is -6.37. The van der Waals surface area contributed by atoms with Gasteiger partial charge in [0.1, 0.15) is 0 Å². The van der Waals surface area contributed by atoms with E-state index in [4.69, 9.17) is 0 Å². The van der Waals surface area contributed by atoms with Crippen LogP contribution in [0, 0.1) is 0 Å². The number of carboxylic acids is 1. The average molecular weight is 357 g/mol. The number of sulfonamides is 1. The fourth-order valence-corrected chi connectivity index (χ4v) is 1.99. The van der Waals surface area contributed by atoms with Crippen molar-refractivity contribution in [2.75, 3.05) is 12.3 Å². The van der Waals surface area contributed by atoms with Crippen molar-refractivity contribution in [1.29, 1.82) is 0 Å². The van der Waals surface area contributed by atoms with Gasteiger partial charge in [0.25, 0.3) is 5.67 Å². The molecule has 0 saturated heterocycles. The molecular weight excluding hydrogens is 350 g/mol. The Morgan fingerprint density at radius 2 is 1.38 bits per heavy atom. The Bertz CT molecular complexity index is 447. The molecule has 0 aromatic heterocycles. The molecular formula is C7H7F7NNaO4S. The van der Waals surface area contributed by atoms with E-state index in [0.29, 0.717) is 0 Å². The van der Waals surface area contributed by atoms with Gasteiger partial charge in [-0.3, -0.25) is 0 Å². The summed E-state index contributed by atoms with van der Waals surface area (Å²) in [7, 11) is -4.84. The third kappa shape index (κ3) is 6.67. The zero-order chi connectivity index (χ0) is 16.4. The summed E-state index contributed by atoms with van der Waals surface area (Å²) in [6.45, 7) is -1.36. The third-order valence-corrected chi connectivity index (χ3v) is 3.38. The van der Waals surface area contributed by atoms with E-state index in [9.17, 15) is 49.1 Å². The molecule has 0 aromatic carbocycles. The molecule has 0 heterocycles. The minimum absolute atomic E-state index is 0. The molecule has 0 saturated carbocycles. The van der Waals surface area contributed by atoms with E-state index in [1.807, 2.05) is 0 Å². The van der Waals surface area contributed by atoms with E-state index < -0.39 is 52.7 Å². The van der Waals surface area contributed by atoms with Gasteiger partial charge >= 0.3 is 41.9 Å². The first-order valence-electron chi connectivity index (χ1n) is 4.62. The summed E-state index contributed by atoms with van der Waals surface area (Å²) in [4.78, 5) is 9.89. The van der Waals surface area contributed by atoms with Crippen LogP contribution >= 0.6 is 0 Å². The molecule has 0 amide bonds. The largest absolute Gasteiger partial charge is 1.00 e. The zero-order valence-corrected chi connectivity index (χ0v) is 13.1. The Kier molecular flexibility index (Phi) is 8.20. The molecule has 0 unspecified atom stereocenters. The smallest absolute Gasteiger partial charge is 0.549 e. The van der Waals surface area contributed by atoms with E-state index in [-0.39, 0.29) is 29.6 Å². The molecule has 0 aromatic rings. The SMILES string of the molecule is O=C([O-])CNS(=O)(=O)CCC(F)(C(F)(F)F)C(F)(F)F.[Na+]. The van der Waals surface area contributed by atoms with E-state index in [1.54, 1.807) is 0 Å². The van der Waals surface area contributed by atoms with Gasteiger partial charge in [-0.25, -0.2) is 17.5 Å². The van der Waals surface area contributed by atoms with Crippen molar-refractivity contribution in [2.45, 2.75) is 24.4 Å². The van der Waals surface area contributed by atoms with Crippen molar-refractivity contribution in [3.8, 4) is 0 Å². The normalized spacial score (nSPS) is 13.7. The van der Waals surface area contributed by atoms with Crippen LogP contribution in [0.3, 0.4) is 0 Å². The van der Waals surface area contributed by atoms with E-state index in [0.717, 1.165) is 4.72 Å². The summed E-state index contributed by atoms with van der Waals surface area (Å²) in [6.07, 6.45) is -15.2. The maximum Gasteiger partial charge on any atom is 1.00 e. The third-order valence-electron chi connectivity index (χ3n) is 2.05. The van der Waals surface area contributed by atoms with Crippen LogP contribution in [0.2, 0.25) is 0 Å². The molecule has 0 aliphatic carbocycles. The fourth-order valence-electron chi connectivity index (χ4n) is 0.960. The molecule has 0 atom stereocenters. The molecule has 0 aliphatic heterocycles. The van der Waals surface area contributed by atoms with Crippen LogP contribution in [-0.4, -0.2) is 44.7 Å². The van der Waals surface area contributed by atoms with Gasteiger partial charge in [-0.1, -0.05) is 0 Å². The van der Waals surface area contributed by atoms with Gasteiger partial charge in [0.05, 0.1) is 18.3 Å². The predicted molar refractivity (Wildman–Crippen MR) is 47.4 cm³/mol. The summed E-state index contributed by atoms with van der Waals surface area (Å²) < 4.78 is 109. The van der Waals surface area contributed by atoms with Crippen LogP contribution in [0.25, 0.3) is 0 Å². The standard InChI is InChI=1S/C7H8F7NO4S.Na/c8-5(6(9,10)11,7(12,13)14)1-2-20(18,19)15-3-4(16)17;/h15H,1-3H2,(H,16,17);/q;+1/p-1. The number of nitrogens with one attached hydrogen (secondary N) is 1. The Labute approximate surface area is 136 Å². The Balaban J connectivity index is 0. The number of alkyl halides is 7. The van der Waals surface area contributed by atoms with Gasteiger partial charge < -0.3 is 9.90 Å². The van der Waals surface area contributed by atoms with Crippen LogP contribution in [0.4, 0.5) is 30.7 Å². The Morgan fingerprint density at radius 1 is 1.00 bits per heavy atom. The summed E-state index contributed by atoms with van der Waals surface area (Å²) in [6, 6.07) is 0. The second-order valence-electron chi connectivity index (χ2n) is 3.56. The predicted octanol–water partition coefficient (Wildman–Crippen LogP) is -3.12. The molecule has 0 bridgehead atoms. The quantitative estimate of drug-likeness (QED) is 0.403. The number of carbonyl (C=O) groups excluding carboxylic acids is 1. The summed E-state index contributed by atoms with van der Waals surface area (Å²) in [5.41, 5.74) is -5.71. The summed E-state index contributed by atoms with van der Waals surface area (Å²) >= 11 is 0. The van der Waals surface area contributed by atoms with Crippen LogP contribution in [0.1, 0.15) is 6.42 Å². The molecule has 0 fully saturated rings. The van der Waals surface area contributed by atoms with Crippen molar-refractivity contribution in [3.05, 3.63) is 0 Å². The molecule has 14 heteroatoms. The number of aliphatic carboxylic acids is 1. The van der Waals surface area contributed by atoms with E-state index >= 15 is 0 Å². The van der Waals surface area contributed by atoms with Crippen molar-refractivity contribution >= 4 is 16.0 Å². The average Bonchev–Trinajstić information content (AvgIpc) is 2.20. The van der Waals surface area contributed by atoms with Crippen LogP contribution in [0.15, 0.2) is 0 Å². The molecule has 0 rings (SSSR count). The van der Waals surface area contributed by atoms with Crippen molar-refractivity contribution in [2.24, 2.45) is 0 Å². The minimum Gasteiger partial charge on any atom is -0.549 e. The molecule has 21 heavy (non-hydrogen) atoms. The second-order valence-corrected chi connectivity index (χ2v) is 5.49. The molecule has 1 N–H and O–H groups in total. The van der Waals surface area contributed by atoms with Gasteiger partial charge in [-0.2, -0.15) is 26.3 Å². The van der Waals surface area contributed by atoms with Gasteiger partial charge in [-0.15, -0.1) is 0 Å². The first kappa shape index (κ1) is 23.2. The van der Waals surface area contributed by atoms with Crippen molar-refractivity contribution < 1.29 is 78.6 Å². The number of hydrogen-bond acceptors (Lipinski definition) is 4. The monoisotopic (exact) mass is 357 g/mol. The number of hydrogen-bond donors (Lipinski definition) is 1. The number of halogens is 7. The van der Waals surface area contributed by atoms with Gasteiger partial charge in [0.2, 0.25) is 10.0 Å². The first-order valence-corrected chi connectivity index (χ1v) is 6.27. The summed E-state index contributed by atoms with van der Waals surface area (Å²) in [5.74, 6) is -3.87. The Morgan fingerprint density at radius 3 is 1.67 bits per heavy atom. The van der Waals surface area contributed by atoms with Crippen molar-refractivity contribution in [3.63, 3.8) is 0 Å². The van der Waals surface area contributed by atoms with E-state index in [1.165, 1.54) is 0 Å². The van der Waals surface area contributed by atoms with Crippen LogP contribution < -0.4 is 39.4 Å². The van der Waals surface area contributed by atoms with Crippen LogP contribution in [0.5, 0.6) is 0 Å². The maximum absolute atomic E-state index is 13.1. The van der Waals surface area contributed by atoms with Crippen LogP contribution in [-0.2, 0) is 14.8 Å². The second kappa shape index (κ2) is 7.44.